The first kappa shape index (κ1) is 13.1. The van der Waals surface area contributed by atoms with Crippen molar-refractivity contribution in [1.82, 2.24) is 5.32 Å². The summed E-state index contributed by atoms with van der Waals surface area (Å²) in [6.07, 6.45) is 2.12. The van der Waals surface area contributed by atoms with Gasteiger partial charge in [-0.1, -0.05) is 15.9 Å². The van der Waals surface area contributed by atoms with Crippen LogP contribution in [0.1, 0.15) is 12.5 Å². The molecule has 1 aromatic rings. The molecule has 17 heavy (non-hydrogen) atoms. The minimum absolute atomic E-state index is 0.321. The predicted molar refractivity (Wildman–Crippen MR) is 74.9 cm³/mol. The summed E-state index contributed by atoms with van der Waals surface area (Å²) < 4.78 is 11.8. The number of hydrogen-bond acceptors (Lipinski definition) is 4. The van der Waals surface area contributed by atoms with Crippen molar-refractivity contribution in [1.29, 1.82) is 0 Å². The maximum absolute atomic E-state index is 5.37. The Kier molecular flexibility index (Phi) is 4.59. The molecule has 1 aromatic carbocycles. The van der Waals surface area contributed by atoms with E-state index in [0.717, 1.165) is 28.3 Å². The molecule has 1 N–H and O–H groups in total. The Morgan fingerprint density at radius 3 is 2.82 bits per heavy atom. The number of rotatable bonds is 5. The Labute approximate surface area is 114 Å². The Bertz CT molecular complexity index is 400. The minimum Gasteiger partial charge on any atom is -0.454 e. The normalized spacial score (nSPS) is 15.0. The van der Waals surface area contributed by atoms with Crippen LogP contribution in [0.2, 0.25) is 0 Å². The predicted octanol–water partition coefficient (Wildman–Crippen LogP) is 3.02. The summed E-state index contributed by atoms with van der Waals surface area (Å²) in [6.45, 7) is 3.35. The molecule has 0 spiro atoms. The average molecular weight is 318 g/mol. The molecule has 2 rings (SSSR count). The standard InChI is InChI=1S/C12H16BrNO2S/c1-8(6-17-2)14-5-9-3-11-12(4-10(9)13)16-7-15-11/h3-4,8,14H,5-7H2,1-2H3. The number of nitrogens with one attached hydrogen (secondary N) is 1. The van der Waals surface area contributed by atoms with Crippen molar-refractivity contribution in [3.63, 3.8) is 0 Å². The number of ether oxygens (including phenoxy) is 2. The summed E-state index contributed by atoms with van der Waals surface area (Å²) in [6, 6.07) is 4.51. The zero-order chi connectivity index (χ0) is 12.3. The number of halogens is 1. The molecule has 0 fully saturated rings. The van der Waals surface area contributed by atoms with Gasteiger partial charge in [0.25, 0.3) is 0 Å². The van der Waals surface area contributed by atoms with E-state index in [0.29, 0.717) is 12.8 Å². The summed E-state index contributed by atoms with van der Waals surface area (Å²) in [7, 11) is 0. The lowest BCUT2D eigenvalue weighted by Crippen LogP contribution is -2.27. The van der Waals surface area contributed by atoms with Gasteiger partial charge in [0.2, 0.25) is 6.79 Å². The molecule has 1 aliphatic rings. The molecule has 1 aliphatic heterocycles. The van der Waals surface area contributed by atoms with Gasteiger partial charge in [0.15, 0.2) is 11.5 Å². The first-order valence-electron chi connectivity index (χ1n) is 5.51. The lowest BCUT2D eigenvalue weighted by Gasteiger charge is -2.13. The third-order valence-electron chi connectivity index (χ3n) is 2.60. The second-order valence-electron chi connectivity index (χ2n) is 4.03. The van der Waals surface area contributed by atoms with Crippen molar-refractivity contribution in [3.05, 3.63) is 22.2 Å². The van der Waals surface area contributed by atoms with Crippen LogP contribution in [-0.2, 0) is 6.54 Å². The highest BCUT2D eigenvalue weighted by atomic mass is 79.9. The second kappa shape index (κ2) is 5.98. The fourth-order valence-corrected chi connectivity index (χ4v) is 2.77. The molecule has 0 amide bonds. The Balaban J connectivity index is 2.01. The highest BCUT2D eigenvalue weighted by Gasteiger charge is 2.16. The molecule has 1 atom stereocenters. The smallest absolute Gasteiger partial charge is 0.231 e. The first-order chi connectivity index (χ1) is 8.20. The maximum atomic E-state index is 5.37. The van der Waals surface area contributed by atoms with Crippen molar-refractivity contribution in [2.75, 3.05) is 18.8 Å². The molecule has 0 saturated carbocycles. The molecular formula is C12H16BrNO2S. The van der Waals surface area contributed by atoms with Gasteiger partial charge in [0.1, 0.15) is 0 Å². The Morgan fingerprint density at radius 1 is 1.41 bits per heavy atom. The van der Waals surface area contributed by atoms with Crippen LogP contribution in [0.3, 0.4) is 0 Å². The van der Waals surface area contributed by atoms with Crippen LogP contribution in [0.5, 0.6) is 11.5 Å². The fraction of sp³-hybridized carbons (Fsp3) is 0.500. The average Bonchev–Trinajstić information content (AvgIpc) is 2.73. The molecule has 1 unspecified atom stereocenters. The van der Waals surface area contributed by atoms with E-state index in [2.05, 4.69) is 34.4 Å². The summed E-state index contributed by atoms with van der Waals surface area (Å²) in [5, 5.41) is 3.48. The van der Waals surface area contributed by atoms with E-state index in [4.69, 9.17) is 9.47 Å². The monoisotopic (exact) mass is 317 g/mol. The highest BCUT2D eigenvalue weighted by molar-refractivity contribution is 9.10. The quantitative estimate of drug-likeness (QED) is 0.904. The topological polar surface area (TPSA) is 30.5 Å². The van der Waals surface area contributed by atoms with Crippen LogP contribution in [0.4, 0.5) is 0 Å². The molecular weight excluding hydrogens is 302 g/mol. The van der Waals surface area contributed by atoms with E-state index < -0.39 is 0 Å². The second-order valence-corrected chi connectivity index (χ2v) is 5.80. The Hall–Kier alpha value is -0.390. The Morgan fingerprint density at radius 2 is 2.12 bits per heavy atom. The molecule has 5 heteroatoms. The first-order valence-corrected chi connectivity index (χ1v) is 7.69. The molecule has 0 aromatic heterocycles. The van der Waals surface area contributed by atoms with E-state index in [1.54, 1.807) is 0 Å². The van der Waals surface area contributed by atoms with Gasteiger partial charge < -0.3 is 14.8 Å². The van der Waals surface area contributed by atoms with Crippen molar-refractivity contribution in [3.8, 4) is 11.5 Å². The van der Waals surface area contributed by atoms with Gasteiger partial charge in [-0.05, 0) is 30.9 Å². The van der Waals surface area contributed by atoms with Crippen molar-refractivity contribution >= 4 is 27.7 Å². The molecule has 0 saturated heterocycles. The third-order valence-corrected chi connectivity index (χ3v) is 4.17. The SMILES string of the molecule is CSCC(C)NCc1cc2c(cc1Br)OCO2. The van der Waals surface area contributed by atoms with Crippen LogP contribution in [-0.4, -0.2) is 24.8 Å². The molecule has 1 heterocycles. The minimum atomic E-state index is 0.321. The summed E-state index contributed by atoms with van der Waals surface area (Å²) >= 11 is 5.41. The zero-order valence-electron chi connectivity index (χ0n) is 9.96. The van der Waals surface area contributed by atoms with Gasteiger partial charge in [0.05, 0.1) is 0 Å². The van der Waals surface area contributed by atoms with Gasteiger partial charge >= 0.3 is 0 Å². The molecule has 0 aliphatic carbocycles. The van der Waals surface area contributed by atoms with Crippen molar-refractivity contribution in [2.45, 2.75) is 19.5 Å². The third kappa shape index (κ3) is 3.30. The van der Waals surface area contributed by atoms with Crippen LogP contribution < -0.4 is 14.8 Å². The number of hydrogen-bond donors (Lipinski definition) is 1. The zero-order valence-corrected chi connectivity index (χ0v) is 12.4. The van der Waals surface area contributed by atoms with Gasteiger partial charge in [-0.15, -0.1) is 0 Å². The van der Waals surface area contributed by atoms with Crippen LogP contribution in [0, 0.1) is 0 Å². The maximum Gasteiger partial charge on any atom is 0.231 e. The highest BCUT2D eigenvalue weighted by Crippen LogP contribution is 2.36. The summed E-state index contributed by atoms with van der Waals surface area (Å²) in [5.74, 6) is 2.77. The van der Waals surface area contributed by atoms with E-state index in [1.807, 2.05) is 23.9 Å². The lowest BCUT2D eigenvalue weighted by atomic mass is 10.2. The van der Waals surface area contributed by atoms with Gasteiger partial charge in [0, 0.05) is 22.8 Å². The largest absolute Gasteiger partial charge is 0.454 e. The molecule has 0 bridgehead atoms. The van der Waals surface area contributed by atoms with E-state index >= 15 is 0 Å². The van der Waals surface area contributed by atoms with Crippen molar-refractivity contribution in [2.24, 2.45) is 0 Å². The van der Waals surface area contributed by atoms with Gasteiger partial charge in [-0.2, -0.15) is 11.8 Å². The lowest BCUT2D eigenvalue weighted by molar-refractivity contribution is 0.174. The summed E-state index contributed by atoms with van der Waals surface area (Å²) in [5.41, 5.74) is 1.20. The van der Waals surface area contributed by atoms with Gasteiger partial charge in [-0.3, -0.25) is 0 Å². The fourth-order valence-electron chi connectivity index (χ4n) is 1.69. The van der Waals surface area contributed by atoms with Crippen molar-refractivity contribution < 1.29 is 9.47 Å². The molecule has 0 radical (unpaired) electrons. The van der Waals surface area contributed by atoms with E-state index in [9.17, 15) is 0 Å². The molecule has 3 nitrogen and oxygen atoms in total. The number of benzene rings is 1. The van der Waals surface area contributed by atoms with Crippen LogP contribution >= 0.6 is 27.7 Å². The van der Waals surface area contributed by atoms with E-state index in [1.165, 1.54) is 5.56 Å². The summed E-state index contributed by atoms with van der Waals surface area (Å²) in [4.78, 5) is 0. The van der Waals surface area contributed by atoms with Crippen LogP contribution in [0.25, 0.3) is 0 Å². The molecule has 94 valence electrons. The number of fused-ring (bicyclic) bond motifs is 1. The van der Waals surface area contributed by atoms with E-state index in [-0.39, 0.29) is 0 Å². The van der Waals surface area contributed by atoms with Crippen LogP contribution in [0.15, 0.2) is 16.6 Å². The number of thioether (sulfide) groups is 1. The van der Waals surface area contributed by atoms with Gasteiger partial charge in [-0.25, -0.2) is 0 Å².